The first kappa shape index (κ1) is 24.4. The van der Waals surface area contributed by atoms with Crippen LogP contribution >= 0.6 is 0 Å². The van der Waals surface area contributed by atoms with Crippen LogP contribution < -0.4 is 5.32 Å². The lowest BCUT2D eigenvalue weighted by molar-refractivity contribution is 0.0132. The van der Waals surface area contributed by atoms with E-state index in [-0.39, 0.29) is 0 Å². The average Bonchev–Trinajstić information content (AvgIpc) is 2.59. The number of alkyl carbamates (subject to hydrolysis) is 1. The Morgan fingerprint density at radius 3 is 2.36 bits per heavy atom. The Morgan fingerprint density at radius 2 is 1.79 bits per heavy atom. The van der Waals surface area contributed by atoms with E-state index in [9.17, 15) is 15.0 Å². The number of rotatable bonds is 11. The van der Waals surface area contributed by atoms with Crippen molar-refractivity contribution in [3.05, 3.63) is 35.4 Å². The monoisotopic (exact) mass is 393 g/mol. The number of benzene rings is 1. The van der Waals surface area contributed by atoms with E-state index in [1.807, 2.05) is 45.0 Å². The Hall–Kier alpha value is -1.59. The van der Waals surface area contributed by atoms with Crippen LogP contribution in [0, 0.1) is 0 Å². The van der Waals surface area contributed by atoms with Crippen LogP contribution in [0.2, 0.25) is 0 Å². The van der Waals surface area contributed by atoms with Gasteiger partial charge in [-0.15, -0.1) is 0 Å². The molecule has 1 unspecified atom stereocenters. The van der Waals surface area contributed by atoms with Crippen LogP contribution in [0.15, 0.2) is 24.3 Å². The molecule has 0 radical (unpaired) electrons. The number of aliphatic hydroxyl groups excluding tert-OH is 1. The molecule has 1 aromatic rings. The molecule has 0 heterocycles. The van der Waals surface area contributed by atoms with Gasteiger partial charge in [-0.2, -0.15) is 0 Å². The third-order valence-electron chi connectivity index (χ3n) is 4.73. The SMILES string of the molecule is CCCC(O)(CCC)CCc1cccc(C(O)CCNC(=O)OC(C)(C)C)c1. The van der Waals surface area contributed by atoms with Crippen molar-refractivity contribution in [2.45, 2.75) is 96.9 Å². The molecule has 0 spiro atoms. The summed E-state index contributed by atoms with van der Waals surface area (Å²) in [5.41, 5.74) is 0.810. The van der Waals surface area contributed by atoms with E-state index in [4.69, 9.17) is 4.74 Å². The van der Waals surface area contributed by atoms with Gasteiger partial charge in [0.1, 0.15) is 5.60 Å². The molecule has 0 aliphatic carbocycles. The third-order valence-corrected chi connectivity index (χ3v) is 4.73. The maximum atomic E-state index is 11.7. The second kappa shape index (κ2) is 11.4. The second-order valence-corrected chi connectivity index (χ2v) is 8.70. The fraction of sp³-hybridized carbons (Fsp3) is 0.696. The van der Waals surface area contributed by atoms with Crippen molar-refractivity contribution < 1.29 is 19.7 Å². The van der Waals surface area contributed by atoms with Crippen molar-refractivity contribution in [1.82, 2.24) is 5.32 Å². The zero-order valence-corrected chi connectivity index (χ0v) is 18.3. The van der Waals surface area contributed by atoms with Gasteiger partial charge >= 0.3 is 6.09 Å². The number of ether oxygens (including phenoxy) is 1. The van der Waals surface area contributed by atoms with Crippen LogP contribution in [-0.2, 0) is 11.2 Å². The molecule has 160 valence electrons. The van der Waals surface area contributed by atoms with Gasteiger partial charge in [-0.25, -0.2) is 4.79 Å². The Kier molecular flexibility index (Phi) is 9.97. The van der Waals surface area contributed by atoms with Gasteiger partial charge in [0.15, 0.2) is 0 Å². The zero-order chi connectivity index (χ0) is 21.2. The topological polar surface area (TPSA) is 78.8 Å². The Morgan fingerprint density at radius 1 is 1.14 bits per heavy atom. The van der Waals surface area contributed by atoms with E-state index in [0.717, 1.165) is 49.7 Å². The molecule has 28 heavy (non-hydrogen) atoms. The van der Waals surface area contributed by atoms with E-state index in [0.29, 0.717) is 13.0 Å². The van der Waals surface area contributed by atoms with Crippen molar-refractivity contribution >= 4 is 6.09 Å². The third kappa shape index (κ3) is 9.56. The van der Waals surface area contributed by atoms with Gasteiger partial charge in [0.2, 0.25) is 0 Å². The molecule has 0 aliphatic heterocycles. The molecule has 1 amide bonds. The second-order valence-electron chi connectivity index (χ2n) is 8.70. The molecular weight excluding hydrogens is 354 g/mol. The van der Waals surface area contributed by atoms with Gasteiger partial charge in [-0.1, -0.05) is 51.0 Å². The minimum absolute atomic E-state index is 0.340. The predicted octanol–water partition coefficient (Wildman–Crippen LogP) is 4.90. The summed E-state index contributed by atoms with van der Waals surface area (Å²) in [6.45, 7) is 9.98. The van der Waals surface area contributed by atoms with Crippen molar-refractivity contribution in [3.63, 3.8) is 0 Å². The Balaban J connectivity index is 2.56. The molecule has 0 bridgehead atoms. The molecule has 0 saturated carbocycles. The van der Waals surface area contributed by atoms with Crippen molar-refractivity contribution in [2.75, 3.05) is 6.54 Å². The summed E-state index contributed by atoms with van der Waals surface area (Å²) in [4.78, 5) is 11.7. The van der Waals surface area contributed by atoms with Crippen molar-refractivity contribution in [2.24, 2.45) is 0 Å². The van der Waals surface area contributed by atoms with Crippen molar-refractivity contribution in [1.29, 1.82) is 0 Å². The number of hydrogen-bond donors (Lipinski definition) is 3. The fourth-order valence-electron chi connectivity index (χ4n) is 3.43. The number of nitrogens with one attached hydrogen (secondary N) is 1. The molecule has 5 heteroatoms. The first-order valence-corrected chi connectivity index (χ1v) is 10.5. The first-order chi connectivity index (χ1) is 13.1. The van der Waals surface area contributed by atoms with Crippen LogP contribution in [0.4, 0.5) is 4.79 Å². The van der Waals surface area contributed by atoms with Gasteiger partial charge in [0.05, 0.1) is 11.7 Å². The van der Waals surface area contributed by atoms with Crippen LogP contribution in [0.1, 0.15) is 90.4 Å². The normalized spacial score (nSPS) is 13.2. The molecule has 3 N–H and O–H groups in total. The lowest BCUT2D eigenvalue weighted by Gasteiger charge is -2.27. The number of carbonyl (C=O) groups is 1. The minimum atomic E-state index is -0.653. The van der Waals surface area contributed by atoms with E-state index in [1.54, 1.807) is 0 Å². The molecule has 0 aromatic heterocycles. The Labute approximate surface area is 170 Å². The predicted molar refractivity (Wildman–Crippen MR) is 113 cm³/mol. The summed E-state index contributed by atoms with van der Waals surface area (Å²) in [5, 5.41) is 23.9. The van der Waals surface area contributed by atoms with E-state index in [1.165, 1.54) is 0 Å². The van der Waals surface area contributed by atoms with Crippen LogP contribution in [0.25, 0.3) is 0 Å². The highest BCUT2D eigenvalue weighted by atomic mass is 16.6. The van der Waals surface area contributed by atoms with Crippen LogP contribution in [0.5, 0.6) is 0 Å². The molecule has 0 fully saturated rings. The highest BCUT2D eigenvalue weighted by Crippen LogP contribution is 2.26. The molecule has 1 rings (SSSR count). The molecule has 5 nitrogen and oxygen atoms in total. The standard InChI is InChI=1S/C23H39NO4/c1-6-13-23(27,14-7-2)15-11-18-9-8-10-19(17-18)20(25)12-16-24-21(26)28-22(3,4)5/h8-10,17,20,25,27H,6-7,11-16H2,1-5H3,(H,24,26). The summed E-state index contributed by atoms with van der Waals surface area (Å²) < 4.78 is 5.19. The van der Waals surface area contributed by atoms with Crippen LogP contribution in [-0.4, -0.2) is 34.1 Å². The highest BCUT2D eigenvalue weighted by Gasteiger charge is 2.24. The summed E-state index contributed by atoms with van der Waals surface area (Å²) in [6, 6.07) is 7.86. The lowest BCUT2D eigenvalue weighted by Crippen LogP contribution is -2.33. The van der Waals surface area contributed by atoms with Crippen molar-refractivity contribution in [3.8, 4) is 0 Å². The maximum Gasteiger partial charge on any atom is 0.407 e. The maximum absolute atomic E-state index is 11.7. The highest BCUT2D eigenvalue weighted by molar-refractivity contribution is 5.67. The van der Waals surface area contributed by atoms with Gasteiger partial charge in [0.25, 0.3) is 0 Å². The molecular formula is C23H39NO4. The summed E-state index contributed by atoms with van der Waals surface area (Å²) in [6.07, 6.45) is 4.39. The molecule has 0 saturated heterocycles. The largest absolute Gasteiger partial charge is 0.444 e. The zero-order valence-electron chi connectivity index (χ0n) is 18.3. The number of amides is 1. The Bertz CT molecular complexity index is 589. The smallest absolute Gasteiger partial charge is 0.407 e. The van der Waals surface area contributed by atoms with E-state index in [2.05, 4.69) is 19.2 Å². The average molecular weight is 394 g/mol. The molecule has 1 atom stereocenters. The van der Waals surface area contributed by atoms with Gasteiger partial charge in [-0.05, 0) is 64.0 Å². The summed E-state index contributed by atoms with van der Waals surface area (Å²) in [7, 11) is 0. The van der Waals surface area contributed by atoms with Gasteiger partial charge in [-0.3, -0.25) is 0 Å². The molecule has 1 aromatic carbocycles. The van der Waals surface area contributed by atoms with Crippen LogP contribution in [0.3, 0.4) is 0 Å². The van der Waals surface area contributed by atoms with Gasteiger partial charge in [0, 0.05) is 6.54 Å². The number of aliphatic hydroxyl groups is 2. The number of carbonyl (C=O) groups excluding carboxylic acids is 1. The summed E-state index contributed by atoms with van der Waals surface area (Å²) in [5.74, 6) is 0. The quantitative estimate of drug-likeness (QED) is 0.500. The molecule has 0 aliphatic rings. The van der Waals surface area contributed by atoms with E-state index >= 15 is 0 Å². The minimum Gasteiger partial charge on any atom is -0.444 e. The number of aryl methyl sites for hydroxylation is 1. The number of hydrogen-bond acceptors (Lipinski definition) is 4. The first-order valence-electron chi connectivity index (χ1n) is 10.5. The summed E-state index contributed by atoms with van der Waals surface area (Å²) >= 11 is 0. The van der Waals surface area contributed by atoms with E-state index < -0.39 is 23.4 Å². The lowest BCUT2D eigenvalue weighted by atomic mass is 9.86. The fourth-order valence-corrected chi connectivity index (χ4v) is 3.43. The van der Waals surface area contributed by atoms with Gasteiger partial charge < -0.3 is 20.3 Å².